The predicted octanol–water partition coefficient (Wildman–Crippen LogP) is 1.57. The summed E-state index contributed by atoms with van der Waals surface area (Å²) in [6, 6.07) is 3.71. The fourth-order valence-corrected chi connectivity index (χ4v) is 1.08. The summed E-state index contributed by atoms with van der Waals surface area (Å²) in [7, 11) is 2.54. The van der Waals surface area contributed by atoms with Gasteiger partial charge >= 0.3 is 0 Å². The molecule has 0 spiro atoms. The van der Waals surface area contributed by atoms with E-state index < -0.39 is 5.41 Å². The lowest BCUT2D eigenvalue weighted by Crippen LogP contribution is -2.29. The molecular formula is C10H15N2OP. The fourth-order valence-electron chi connectivity index (χ4n) is 0.817. The van der Waals surface area contributed by atoms with Crippen molar-refractivity contribution in [3.63, 3.8) is 0 Å². The number of nitrogens with zero attached hydrogens (tertiary/aromatic N) is 1. The minimum absolute atomic E-state index is 0.0279. The van der Waals surface area contributed by atoms with E-state index in [4.69, 9.17) is 0 Å². The third kappa shape index (κ3) is 2.78. The van der Waals surface area contributed by atoms with Crippen LogP contribution in [0.1, 0.15) is 20.8 Å². The van der Waals surface area contributed by atoms with E-state index in [2.05, 4.69) is 19.5 Å². The van der Waals surface area contributed by atoms with Crippen LogP contribution in [-0.2, 0) is 4.79 Å². The van der Waals surface area contributed by atoms with Gasteiger partial charge in [-0.1, -0.05) is 20.8 Å². The molecule has 14 heavy (non-hydrogen) atoms. The van der Waals surface area contributed by atoms with Crippen molar-refractivity contribution in [2.75, 3.05) is 5.32 Å². The third-order valence-corrected chi connectivity index (χ3v) is 2.22. The highest BCUT2D eigenvalue weighted by Crippen LogP contribution is 2.15. The predicted molar refractivity (Wildman–Crippen MR) is 61.7 cm³/mol. The molecule has 0 aliphatic rings. The highest BCUT2D eigenvalue weighted by molar-refractivity contribution is 7.28. The molecule has 0 bridgehead atoms. The van der Waals surface area contributed by atoms with Crippen molar-refractivity contribution in [2.45, 2.75) is 20.8 Å². The smallest absolute Gasteiger partial charge is 0.230 e. The normalized spacial score (nSPS) is 11.1. The van der Waals surface area contributed by atoms with Crippen LogP contribution in [0.2, 0.25) is 0 Å². The third-order valence-electron chi connectivity index (χ3n) is 1.75. The molecular weight excluding hydrogens is 195 g/mol. The monoisotopic (exact) mass is 210 g/mol. The van der Waals surface area contributed by atoms with Gasteiger partial charge in [0.15, 0.2) is 0 Å². The number of nitrogens with one attached hydrogen (secondary N) is 1. The summed E-state index contributed by atoms with van der Waals surface area (Å²) < 4.78 is 0. The Hall–Kier alpha value is -0.950. The van der Waals surface area contributed by atoms with Crippen LogP contribution < -0.4 is 10.6 Å². The quantitative estimate of drug-likeness (QED) is 0.715. The molecule has 1 heterocycles. The van der Waals surface area contributed by atoms with E-state index in [1.165, 1.54) is 0 Å². The molecule has 0 aliphatic heterocycles. The van der Waals surface area contributed by atoms with Gasteiger partial charge in [-0.05, 0) is 12.1 Å². The molecule has 0 radical (unpaired) electrons. The maximum atomic E-state index is 11.6. The summed E-state index contributed by atoms with van der Waals surface area (Å²) in [6.07, 6.45) is 1.66. The van der Waals surface area contributed by atoms with Crippen molar-refractivity contribution < 1.29 is 4.79 Å². The van der Waals surface area contributed by atoms with Crippen LogP contribution in [0.15, 0.2) is 18.3 Å². The molecule has 1 aromatic rings. The van der Waals surface area contributed by atoms with Crippen molar-refractivity contribution >= 4 is 26.3 Å². The number of aromatic nitrogens is 1. The highest BCUT2D eigenvalue weighted by atomic mass is 31.0. The van der Waals surface area contributed by atoms with Gasteiger partial charge in [0.25, 0.3) is 0 Å². The van der Waals surface area contributed by atoms with E-state index in [-0.39, 0.29) is 5.91 Å². The van der Waals surface area contributed by atoms with Crippen LogP contribution in [0, 0.1) is 5.41 Å². The molecule has 1 rings (SSSR count). The molecule has 1 amide bonds. The Kier molecular flexibility index (Phi) is 3.22. The summed E-state index contributed by atoms with van der Waals surface area (Å²) in [5.41, 5.74) is -0.394. The second kappa shape index (κ2) is 4.05. The van der Waals surface area contributed by atoms with Crippen LogP contribution in [0.4, 0.5) is 5.82 Å². The first-order valence-electron chi connectivity index (χ1n) is 4.43. The first-order valence-corrected chi connectivity index (χ1v) is 5.01. The van der Waals surface area contributed by atoms with E-state index in [0.29, 0.717) is 5.82 Å². The Bertz CT molecular complexity index is 344. The van der Waals surface area contributed by atoms with Gasteiger partial charge in [-0.2, -0.15) is 0 Å². The highest BCUT2D eigenvalue weighted by Gasteiger charge is 2.21. The Balaban J connectivity index is 2.80. The second-order valence-corrected chi connectivity index (χ2v) is 4.77. The number of carbonyl (C=O) groups is 1. The lowest BCUT2D eigenvalue weighted by molar-refractivity contribution is -0.123. The first-order chi connectivity index (χ1) is 6.41. The molecule has 4 heteroatoms. The maximum Gasteiger partial charge on any atom is 0.230 e. The second-order valence-electron chi connectivity index (χ2n) is 4.15. The van der Waals surface area contributed by atoms with Gasteiger partial charge in [0.1, 0.15) is 5.82 Å². The Morgan fingerprint density at radius 3 is 2.64 bits per heavy atom. The van der Waals surface area contributed by atoms with Crippen molar-refractivity contribution in [3.8, 4) is 0 Å². The molecule has 1 N–H and O–H groups in total. The number of anilines is 1. The Morgan fingerprint density at radius 1 is 1.50 bits per heavy atom. The van der Waals surface area contributed by atoms with Gasteiger partial charge in [-0.3, -0.25) is 4.79 Å². The largest absolute Gasteiger partial charge is 0.310 e. The van der Waals surface area contributed by atoms with Crippen molar-refractivity contribution in [1.29, 1.82) is 0 Å². The summed E-state index contributed by atoms with van der Waals surface area (Å²) in [5.74, 6) is 0.581. The van der Waals surface area contributed by atoms with Gasteiger partial charge in [-0.15, -0.1) is 9.24 Å². The van der Waals surface area contributed by atoms with Crippen LogP contribution >= 0.6 is 9.24 Å². The molecule has 1 aromatic heterocycles. The topological polar surface area (TPSA) is 42.0 Å². The van der Waals surface area contributed by atoms with E-state index >= 15 is 0 Å². The summed E-state index contributed by atoms with van der Waals surface area (Å²) in [5, 5.41) is 3.67. The lowest BCUT2D eigenvalue weighted by Gasteiger charge is -2.17. The average Bonchev–Trinajstić information content (AvgIpc) is 2.07. The van der Waals surface area contributed by atoms with E-state index in [9.17, 15) is 4.79 Å². The number of hydrogen-bond donors (Lipinski definition) is 1. The molecule has 1 unspecified atom stereocenters. The van der Waals surface area contributed by atoms with E-state index in [1.54, 1.807) is 6.20 Å². The molecule has 0 aliphatic carbocycles. The maximum absolute atomic E-state index is 11.6. The van der Waals surface area contributed by atoms with Gasteiger partial charge in [0.05, 0.1) is 0 Å². The lowest BCUT2D eigenvalue weighted by atomic mass is 9.96. The zero-order valence-electron chi connectivity index (χ0n) is 8.66. The van der Waals surface area contributed by atoms with Crippen molar-refractivity contribution in [3.05, 3.63) is 18.3 Å². The van der Waals surface area contributed by atoms with Gasteiger partial charge in [-0.25, -0.2) is 4.98 Å². The minimum Gasteiger partial charge on any atom is -0.310 e. The van der Waals surface area contributed by atoms with Gasteiger partial charge in [0, 0.05) is 16.9 Å². The molecule has 0 saturated carbocycles. The van der Waals surface area contributed by atoms with Crippen LogP contribution in [0.3, 0.4) is 0 Å². The molecule has 0 saturated heterocycles. The zero-order valence-corrected chi connectivity index (χ0v) is 9.82. The first kappa shape index (κ1) is 11.1. The fraction of sp³-hybridized carbons (Fsp3) is 0.400. The summed E-state index contributed by atoms with van der Waals surface area (Å²) in [4.78, 5) is 15.7. The molecule has 76 valence electrons. The number of hydrogen-bond acceptors (Lipinski definition) is 2. The summed E-state index contributed by atoms with van der Waals surface area (Å²) in [6.45, 7) is 5.61. The summed E-state index contributed by atoms with van der Waals surface area (Å²) >= 11 is 0. The Labute approximate surface area is 86.5 Å². The average molecular weight is 210 g/mol. The molecule has 0 aromatic carbocycles. The molecule has 0 fully saturated rings. The van der Waals surface area contributed by atoms with Crippen LogP contribution in [0.25, 0.3) is 0 Å². The number of amides is 1. The van der Waals surface area contributed by atoms with Gasteiger partial charge < -0.3 is 5.32 Å². The SMILES string of the molecule is CC(C)(C)C(=O)Nc1ncccc1P. The number of pyridine rings is 1. The van der Waals surface area contributed by atoms with Crippen LogP contribution in [0.5, 0.6) is 0 Å². The Morgan fingerprint density at radius 2 is 2.14 bits per heavy atom. The number of carbonyl (C=O) groups excluding carboxylic acids is 1. The van der Waals surface area contributed by atoms with Crippen molar-refractivity contribution in [1.82, 2.24) is 4.98 Å². The zero-order chi connectivity index (χ0) is 10.8. The van der Waals surface area contributed by atoms with Crippen molar-refractivity contribution in [2.24, 2.45) is 5.41 Å². The van der Waals surface area contributed by atoms with E-state index in [1.807, 2.05) is 32.9 Å². The minimum atomic E-state index is -0.394. The van der Waals surface area contributed by atoms with Gasteiger partial charge in [0.2, 0.25) is 5.91 Å². The number of rotatable bonds is 1. The molecule has 3 nitrogen and oxygen atoms in total. The standard InChI is InChI=1S/C10H15N2OP/c1-10(2,3)9(13)12-8-7(14)5-4-6-11-8/h4-6H,14H2,1-3H3,(H,11,12,13). The molecule has 1 atom stereocenters. The van der Waals surface area contributed by atoms with E-state index in [0.717, 1.165) is 5.30 Å². The van der Waals surface area contributed by atoms with Crippen LogP contribution in [-0.4, -0.2) is 10.9 Å².